The number of carbonyl (C=O) groups excluding carboxylic acids is 1. The number of nitrogens with two attached hydrogens (primary N) is 1. The summed E-state index contributed by atoms with van der Waals surface area (Å²) in [6.07, 6.45) is 3.45. The third-order valence-electron chi connectivity index (χ3n) is 3.15. The predicted octanol–water partition coefficient (Wildman–Crippen LogP) is 2.47. The van der Waals surface area contributed by atoms with Crippen molar-refractivity contribution in [2.45, 2.75) is 26.7 Å². The lowest BCUT2D eigenvalue weighted by Gasteiger charge is -2.30. The summed E-state index contributed by atoms with van der Waals surface area (Å²) in [5.41, 5.74) is 6.58. The highest BCUT2D eigenvalue weighted by Crippen LogP contribution is 2.20. The molecule has 1 amide bonds. The Morgan fingerprint density at radius 1 is 1.45 bits per heavy atom. The molecular weight excluding hydrogens is 297 g/mol. The van der Waals surface area contributed by atoms with Crippen molar-refractivity contribution in [3.8, 4) is 0 Å². The fourth-order valence-corrected chi connectivity index (χ4v) is 1.89. The van der Waals surface area contributed by atoms with E-state index in [0.29, 0.717) is 13.1 Å². The molecule has 1 aromatic rings. The van der Waals surface area contributed by atoms with E-state index in [1.165, 1.54) is 0 Å². The molecule has 116 valence electrons. The molecule has 0 radical (unpaired) electrons. The first-order valence-electron chi connectivity index (χ1n) is 6.22. The number of nitrogens with zero attached hydrogens (tertiary/aromatic N) is 2. The summed E-state index contributed by atoms with van der Waals surface area (Å²) >= 11 is 0. The zero-order chi connectivity index (χ0) is 13.8. The number of carbonyl (C=O) groups is 1. The molecule has 0 spiro atoms. The summed E-state index contributed by atoms with van der Waals surface area (Å²) in [5.74, 6) is -0.0678. The van der Waals surface area contributed by atoms with Gasteiger partial charge in [0.15, 0.2) is 0 Å². The highest BCUT2D eigenvalue weighted by molar-refractivity contribution is 5.85. The molecule has 1 atom stereocenters. The van der Waals surface area contributed by atoms with E-state index in [2.05, 4.69) is 18.8 Å². The van der Waals surface area contributed by atoms with Crippen LogP contribution in [0, 0.1) is 5.41 Å². The molecule has 1 unspecified atom stereocenters. The monoisotopic (exact) mass is 321 g/mol. The van der Waals surface area contributed by atoms with Crippen molar-refractivity contribution in [2.24, 2.45) is 11.1 Å². The van der Waals surface area contributed by atoms with Crippen molar-refractivity contribution in [2.75, 3.05) is 20.1 Å². The van der Waals surface area contributed by atoms with Crippen LogP contribution in [-0.2, 0) is 4.79 Å². The van der Waals surface area contributed by atoms with Gasteiger partial charge in [0, 0.05) is 26.0 Å². The summed E-state index contributed by atoms with van der Waals surface area (Å²) < 4.78 is 0. The summed E-state index contributed by atoms with van der Waals surface area (Å²) in [6, 6.07) is 3.78. The number of rotatable bonds is 5. The maximum atomic E-state index is 12.3. The van der Waals surface area contributed by atoms with Crippen LogP contribution in [0.4, 0.5) is 0 Å². The molecule has 4 nitrogen and oxygen atoms in total. The number of aromatic nitrogens is 1. The minimum Gasteiger partial charge on any atom is -0.345 e. The molecule has 0 aliphatic heterocycles. The summed E-state index contributed by atoms with van der Waals surface area (Å²) in [5, 5.41) is 0. The molecule has 0 saturated heterocycles. The first-order chi connectivity index (χ1) is 8.37. The van der Waals surface area contributed by atoms with E-state index in [1.807, 2.05) is 26.1 Å². The Morgan fingerprint density at radius 3 is 2.50 bits per heavy atom. The predicted molar refractivity (Wildman–Crippen MR) is 87.6 cm³/mol. The molecular formula is C14H25Cl2N3O. The Morgan fingerprint density at radius 2 is 2.05 bits per heavy atom. The van der Waals surface area contributed by atoms with Crippen LogP contribution in [-0.4, -0.2) is 35.9 Å². The minimum atomic E-state index is -0.169. The van der Waals surface area contributed by atoms with Crippen LogP contribution in [0.25, 0.3) is 0 Å². The number of amides is 1. The fourth-order valence-electron chi connectivity index (χ4n) is 1.89. The molecule has 1 aromatic heterocycles. The van der Waals surface area contributed by atoms with Gasteiger partial charge in [0.1, 0.15) is 0 Å². The van der Waals surface area contributed by atoms with E-state index in [0.717, 1.165) is 5.56 Å². The van der Waals surface area contributed by atoms with Gasteiger partial charge in [-0.25, -0.2) is 0 Å². The van der Waals surface area contributed by atoms with Gasteiger partial charge in [-0.15, -0.1) is 24.8 Å². The van der Waals surface area contributed by atoms with E-state index in [9.17, 15) is 4.79 Å². The molecule has 6 heteroatoms. The number of halogens is 2. The topological polar surface area (TPSA) is 59.2 Å². The average Bonchev–Trinajstić information content (AvgIpc) is 2.37. The lowest BCUT2D eigenvalue weighted by atomic mass is 9.92. The summed E-state index contributed by atoms with van der Waals surface area (Å²) in [4.78, 5) is 18.1. The third kappa shape index (κ3) is 6.07. The zero-order valence-corrected chi connectivity index (χ0v) is 14.1. The third-order valence-corrected chi connectivity index (χ3v) is 3.15. The van der Waals surface area contributed by atoms with Gasteiger partial charge in [-0.1, -0.05) is 19.9 Å². The molecule has 0 saturated carbocycles. The van der Waals surface area contributed by atoms with Crippen molar-refractivity contribution in [1.82, 2.24) is 9.88 Å². The van der Waals surface area contributed by atoms with Crippen LogP contribution in [0.1, 0.15) is 32.3 Å². The van der Waals surface area contributed by atoms with Crippen LogP contribution in [0.3, 0.4) is 0 Å². The lowest BCUT2D eigenvalue weighted by molar-refractivity contribution is -0.132. The highest BCUT2D eigenvalue weighted by Gasteiger charge is 2.24. The van der Waals surface area contributed by atoms with Gasteiger partial charge < -0.3 is 10.6 Å². The quantitative estimate of drug-likeness (QED) is 0.906. The highest BCUT2D eigenvalue weighted by atomic mass is 35.5. The van der Waals surface area contributed by atoms with E-state index in [4.69, 9.17) is 5.73 Å². The van der Waals surface area contributed by atoms with E-state index in [-0.39, 0.29) is 42.1 Å². The van der Waals surface area contributed by atoms with Crippen LogP contribution in [0.2, 0.25) is 0 Å². The molecule has 20 heavy (non-hydrogen) atoms. The molecule has 1 heterocycles. The standard InChI is InChI=1S/C14H23N3O.2ClH/c1-11(12-6-5-7-16-8-12)13(18)17(4)10-14(2,3)9-15;;/h5-8,11H,9-10,15H2,1-4H3;2*1H. The SMILES string of the molecule is CC(C(=O)N(C)CC(C)(C)CN)c1cccnc1.Cl.Cl. The van der Waals surface area contributed by atoms with Crippen molar-refractivity contribution in [3.63, 3.8) is 0 Å². The van der Waals surface area contributed by atoms with Gasteiger partial charge in [-0.3, -0.25) is 9.78 Å². The Bertz CT molecular complexity index is 399. The largest absolute Gasteiger partial charge is 0.345 e. The maximum Gasteiger partial charge on any atom is 0.229 e. The van der Waals surface area contributed by atoms with E-state index in [1.54, 1.807) is 17.3 Å². The van der Waals surface area contributed by atoms with Crippen LogP contribution in [0.15, 0.2) is 24.5 Å². The second-order valence-electron chi connectivity index (χ2n) is 5.57. The normalized spacial score (nSPS) is 11.8. The van der Waals surface area contributed by atoms with Gasteiger partial charge in [-0.05, 0) is 30.5 Å². The van der Waals surface area contributed by atoms with Gasteiger partial charge >= 0.3 is 0 Å². The Kier molecular flexibility index (Phi) is 9.83. The number of pyridine rings is 1. The fraction of sp³-hybridized carbons (Fsp3) is 0.571. The van der Waals surface area contributed by atoms with Crippen molar-refractivity contribution in [3.05, 3.63) is 30.1 Å². The van der Waals surface area contributed by atoms with Gasteiger partial charge in [0.25, 0.3) is 0 Å². The Balaban J connectivity index is 0. The molecule has 0 bridgehead atoms. The summed E-state index contributed by atoms with van der Waals surface area (Å²) in [6.45, 7) is 7.25. The summed E-state index contributed by atoms with van der Waals surface area (Å²) in [7, 11) is 1.83. The number of hydrogen-bond acceptors (Lipinski definition) is 3. The van der Waals surface area contributed by atoms with Gasteiger partial charge in [0.2, 0.25) is 5.91 Å². The zero-order valence-electron chi connectivity index (χ0n) is 12.5. The number of hydrogen-bond donors (Lipinski definition) is 1. The first kappa shape index (κ1) is 21.5. The van der Waals surface area contributed by atoms with Crippen LogP contribution in [0.5, 0.6) is 0 Å². The van der Waals surface area contributed by atoms with Crippen molar-refractivity contribution < 1.29 is 4.79 Å². The van der Waals surface area contributed by atoms with Gasteiger partial charge in [-0.2, -0.15) is 0 Å². The molecule has 0 aliphatic rings. The molecule has 2 N–H and O–H groups in total. The molecule has 0 fully saturated rings. The van der Waals surface area contributed by atoms with Crippen LogP contribution < -0.4 is 5.73 Å². The van der Waals surface area contributed by atoms with Crippen molar-refractivity contribution in [1.29, 1.82) is 0 Å². The smallest absolute Gasteiger partial charge is 0.229 e. The molecule has 0 aromatic carbocycles. The van der Waals surface area contributed by atoms with Gasteiger partial charge in [0.05, 0.1) is 5.92 Å². The Labute approximate surface area is 134 Å². The average molecular weight is 322 g/mol. The number of likely N-dealkylation sites (N-methyl/N-ethyl adjacent to an activating group) is 1. The molecule has 0 aliphatic carbocycles. The van der Waals surface area contributed by atoms with E-state index >= 15 is 0 Å². The Hall–Kier alpha value is -0.840. The second-order valence-corrected chi connectivity index (χ2v) is 5.57. The second kappa shape index (κ2) is 9.16. The lowest BCUT2D eigenvalue weighted by Crippen LogP contribution is -2.41. The minimum absolute atomic E-state index is 0. The molecule has 1 rings (SSSR count). The van der Waals surface area contributed by atoms with Crippen molar-refractivity contribution >= 4 is 30.7 Å². The first-order valence-corrected chi connectivity index (χ1v) is 6.22. The maximum absolute atomic E-state index is 12.3. The van der Waals surface area contributed by atoms with E-state index < -0.39 is 0 Å². The van der Waals surface area contributed by atoms with Crippen LogP contribution >= 0.6 is 24.8 Å².